The number of rotatable bonds is 4. The summed E-state index contributed by atoms with van der Waals surface area (Å²) < 4.78 is 8.48. The second kappa shape index (κ2) is 6.95. The molecule has 0 spiro atoms. The molecule has 3 rings (SSSR count). The number of hydrogen-bond acceptors (Lipinski definition) is 5. The van der Waals surface area contributed by atoms with Crippen molar-refractivity contribution in [3.8, 4) is 0 Å². The molecule has 0 radical (unpaired) electrons. The van der Waals surface area contributed by atoms with Crippen LogP contribution in [0.5, 0.6) is 0 Å². The molecule has 3 aromatic rings. The van der Waals surface area contributed by atoms with Crippen molar-refractivity contribution < 1.29 is 9.53 Å². The third-order valence-electron chi connectivity index (χ3n) is 4.25. The zero-order valence-corrected chi connectivity index (χ0v) is 15.2. The SMILES string of the molecule is Cc1nn(C)c(C)c1/C=C/C(=O)OCc1cc(=O)n2c(C)cccc2n1. The first-order valence-corrected chi connectivity index (χ1v) is 8.20. The summed E-state index contributed by atoms with van der Waals surface area (Å²) in [7, 11) is 1.85. The number of hydrogen-bond donors (Lipinski definition) is 0. The number of fused-ring (bicyclic) bond motifs is 1. The van der Waals surface area contributed by atoms with Gasteiger partial charge in [0.05, 0.1) is 11.4 Å². The Morgan fingerprint density at radius 3 is 2.73 bits per heavy atom. The third kappa shape index (κ3) is 3.42. The number of esters is 1. The van der Waals surface area contributed by atoms with E-state index < -0.39 is 5.97 Å². The molecule has 7 nitrogen and oxygen atoms in total. The fourth-order valence-electron chi connectivity index (χ4n) is 2.81. The molecule has 26 heavy (non-hydrogen) atoms. The highest BCUT2D eigenvalue weighted by Gasteiger charge is 2.08. The van der Waals surface area contributed by atoms with Crippen LogP contribution >= 0.6 is 0 Å². The molecule has 0 aromatic carbocycles. The maximum absolute atomic E-state index is 12.2. The molecule has 0 aliphatic heterocycles. The van der Waals surface area contributed by atoms with E-state index in [0.29, 0.717) is 11.3 Å². The summed E-state index contributed by atoms with van der Waals surface area (Å²) in [6, 6.07) is 6.79. The Bertz CT molecular complexity index is 1080. The normalized spacial score (nSPS) is 11.4. The van der Waals surface area contributed by atoms with Gasteiger partial charge in [-0.05, 0) is 39.0 Å². The van der Waals surface area contributed by atoms with Crippen LogP contribution in [0.3, 0.4) is 0 Å². The molecule has 134 valence electrons. The van der Waals surface area contributed by atoms with Crippen LogP contribution in [0.15, 0.2) is 35.1 Å². The highest BCUT2D eigenvalue weighted by Crippen LogP contribution is 2.13. The van der Waals surface area contributed by atoms with Gasteiger partial charge < -0.3 is 4.74 Å². The molecule has 0 saturated carbocycles. The average Bonchev–Trinajstić information content (AvgIpc) is 2.83. The van der Waals surface area contributed by atoms with Gasteiger partial charge in [0.1, 0.15) is 12.3 Å². The van der Waals surface area contributed by atoms with E-state index in [1.54, 1.807) is 16.8 Å². The molecule has 0 fully saturated rings. The van der Waals surface area contributed by atoms with Crippen molar-refractivity contribution >= 4 is 17.7 Å². The maximum atomic E-state index is 12.2. The number of nitrogens with zero attached hydrogens (tertiary/aromatic N) is 4. The fourth-order valence-corrected chi connectivity index (χ4v) is 2.81. The minimum Gasteiger partial charge on any atom is -0.456 e. The van der Waals surface area contributed by atoms with E-state index in [4.69, 9.17) is 4.74 Å². The Balaban J connectivity index is 1.73. The van der Waals surface area contributed by atoms with E-state index in [1.807, 2.05) is 40.0 Å². The van der Waals surface area contributed by atoms with E-state index >= 15 is 0 Å². The van der Waals surface area contributed by atoms with Crippen molar-refractivity contribution in [2.45, 2.75) is 27.4 Å². The van der Waals surface area contributed by atoms with Crippen molar-refractivity contribution in [1.29, 1.82) is 0 Å². The average molecular weight is 352 g/mol. The van der Waals surface area contributed by atoms with E-state index in [2.05, 4.69) is 10.1 Å². The lowest BCUT2D eigenvalue weighted by Crippen LogP contribution is -2.18. The summed E-state index contributed by atoms with van der Waals surface area (Å²) in [6.07, 6.45) is 3.04. The van der Waals surface area contributed by atoms with Gasteiger partial charge in [-0.15, -0.1) is 0 Å². The van der Waals surface area contributed by atoms with Crippen molar-refractivity contribution in [3.63, 3.8) is 0 Å². The molecule has 0 N–H and O–H groups in total. The first-order valence-electron chi connectivity index (χ1n) is 8.20. The molecule has 3 aromatic heterocycles. The molecule has 0 saturated heterocycles. The van der Waals surface area contributed by atoms with Gasteiger partial charge in [0.25, 0.3) is 5.56 Å². The Kier molecular flexibility index (Phi) is 4.71. The number of aromatic nitrogens is 4. The van der Waals surface area contributed by atoms with Crippen LogP contribution in [-0.4, -0.2) is 25.1 Å². The highest BCUT2D eigenvalue weighted by molar-refractivity contribution is 5.87. The molecule has 3 heterocycles. The highest BCUT2D eigenvalue weighted by atomic mass is 16.5. The molecule has 0 aliphatic rings. The Hall–Kier alpha value is -3.22. The molecule has 0 aliphatic carbocycles. The largest absolute Gasteiger partial charge is 0.456 e. The van der Waals surface area contributed by atoms with Gasteiger partial charge in [0.15, 0.2) is 0 Å². The van der Waals surface area contributed by atoms with Gasteiger partial charge in [-0.1, -0.05) is 6.07 Å². The fraction of sp³-hybridized carbons (Fsp3) is 0.263. The quantitative estimate of drug-likeness (QED) is 0.531. The summed E-state index contributed by atoms with van der Waals surface area (Å²) in [6.45, 7) is 5.59. The summed E-state index contributed by atoms with van der Waals surface area (Å²) in [5.41, 5.74) is 4.24. The van der Waals surface area contributed by atoms with Crippen LogP contribution < -0.4 is 5.56 Å². The number of carbonyl (C=O) groups excluding carboxylic acids is 1. The van der Waals surface area contributed by atoms with Crippen molar-refractivity contribution in [1.82, 2.24) is 19.2 Å². The van der Waals surface area contributed by atoms with Crippen LogP contribution in [0.25, 0.3) is 11.7 Å². The van der Waals surface area contributed by atoms with Gasteiger partial charge in [-0.25, -0.2) is 9.78 Å². The maximum Gasteiger partial charge on any atom is 0.331 e. The molecule has 7 heteroatoms. The van der Waals surface area contributed by atoms with Gasteiger partial charge in [0, 0.05) is 36.1 Å². The Morgan fingerprint density at radius 1 is 1.27 bits per heavy atom. The third-order valence-corrected chi connectivity index (χ3v) is 4.25. The molecule has 0 bridgehead atoms. The first-order chi connectivity index (χ1) is 12.4. The summed E-state index contributed by atoms with van der Waals surface area (Å²) >= 11 is 0. The Morgan fingerprint density at radius 2 is 2.04 bits per heavy atom. The number of aryl methyl sites for hydroxylation is 3. The number of pyridine rings is 1. The second-order valence-electron chi connectivity index (χ2n) is 6.10. The van der Waals surface area contributed by atoms with Gasteiger partial charge in [-0.2, -0.15) is 5.10 Å². The van der Waals surface area contributed by atoms with E-state index in [-0.39, 0.29) is 12.2 Å². The molecular formula is C19H20N4O3. The standard InChI is InChI=1S/C19H20N4O3/c1-12-6-5-7-17-20-15(10-18(24)23(12)17)11-26-19(25)9-8-16-13(2)21-22(4)14(16)3/h5-10H,11H2,1-4H3/b9-8+. The monoisotopic (exact) mass is 352 g/mol. The molecule has 0 amide bonds. The van der Waals surface area contributed by atoms with Gasteiger partial charge >= 0.3 is 5.97 Å². The summed E-state index contributed by atoms with van der Waals surface area (Å²) in [5, 5.41) is 4.29. The lowest BCUT2D eigenvalue weighted by molar-refractivity contribution is -0.139. The second-order valence-corrected chi connectivity index (χ2v) is 6.10. The van der Waals surface area contributed by atoms with Crippen molar-refractivity contribution in [2.24, 2.45) is 7.05 Å². The van der Waals surface area contributed by atoms with Gasteiger partial charge in [-0.3, -0.25) is 13.9 Å². The first kappa shape index (κ1) is 17.6. The van der Waals surface area contributed by atoms with Crippen LogP contribution in [-0.2, 0) is 23.2 Å². The Labute approximate surface area is 150 Å². The smallest absolute Gasteiger partial charge is 0.331 e. The molecular weight excluding hydrogens is 332 g/mol. The van der Waals surface area contributed by atoms with Gasteiger partial charge in [0.2, 0.25) is 0 Å². The van der Waals surface area contributed by atoms with Crippen molar-refractivity contribution in [3.05, 3.63) is 69.0 Å². The topological polar surface area (TPSA) is 78.5 Å². The summed E-state index contributed by atoms with van der Waals surface area (Å²) in [5.74, 6) is -0.501. The predicted molar refractivity (Wildman–Crippen MR) is 97.7 cm³/mol. The summed E-state index contributed by atoms with van der Waals surface area (Å²) in [4.78, 5) is 28.6. The number of ether oxygens (including phenoxy) is 1. The lowest BCUT2D eigenvalue weighted by atomic mass is 10.2. The minimum absolute atomic E-state index is 0.0616. The molecule has 0 atom stereocenters. The van der Waals surface area contributed by atoms with Crippen LogP contribution in [0.1, 0.15) is 28.3 Å². The minimum atomic E-state index is -0.501. The van der Waals surface area contributed by atoms with Crippen LogP contribution in [0.2, 0.25) is 0 Å². The van der Waals surface area contributed by atoms with Crippen LogP contribution in [0.4, 0.5) is 0 Å². The van der Waals surface area contributed by atoms with E-state index in [9.17, 15) is 9.59 Å². The van der Waals surface area contributed by atoms with Crippen molar-refractivity contribution in [2.75, 3.05) is 0 Å². The van der Waals surface area contributed by atoms with E-state index in [1.165, 1.54) is 16.5 Å². The van der Waals surface area contributed by atoms with Crippen LogP contribution in [0, 0.1) is 20.8 Å². The van der Waals surface area contributed by atoms with E-state index in [0.717, 1.165) is 22.6 Å². The zero-order valence-electron chi connectivity index (χ0n) is 15.2. The zero-order chi connectivity index (χ0) is 18.8. The predicted octanol–water partition coefficient (Wildman–Crippen LogP) is 2.11. The number of carbonyl (C=O) groups is 1. The lowest BCUT2D eigenvalue weighted by Gasteiger charge is -2.06. The molecule has 0 unspecified atom stereocenters.